The second kappa shape index (κ2) is 9.70. The normalized spacial score (nSPS) is 16.2. The van der Waals surface area contributed by atoms with Gasteiger partial charge in [-0.1, -0.05) is 56.3 Å². The summed E-state index contributed by atoms with van der Waals surface area (Å²) < 4.78 is 0. The molecule has 144 valence electrons. The largest absolute Gasteiger partial charge is 0.308 e. The summed E-state index contributed by atoms with van der Waals surface area (Å²) in [6.07, 6.45) is 5.17. The molecule has 0 spiro atoms. The molecule has 0 bridgehead atoms. The Labute approximate surface area is 164 Å². The van der Waals surface area contributed by atoms with Crippen LogP contribution in [0.15, 0.2) is 54.6 Å². The van der Waals surface area contributed by atoms with Crippen molar-refractivity contribution in [3.05, 3.63) is 65.7 Å². The number of amides is 1. The van der Waals surface area contributed by atoms with Gasteiger partial charge in [0.2, 0.25) is 5.91 Å². The highest BCUT2D eigenvalue weighted by molar-refractivity contribution is 5.95. The lowest BCUT2D eigenvalue weighted by molar-refractivity contribution is -0.120. The van der Waals surface area contributed by atoms with Crippen molar-refractivity contribution in [1.29, 1.82) is 0 Å². The predicted octanol–water partition coefficient (Wildman–Crippen LogP) is 4.70. The summed E-state index contributed by atoms with van der Waals surface area (Å²) in [5.41, 5.74) is 3.86. The third kappa shape index (κ3) is 4.98. The van der Waals surface area contributed by atoms with Gasteiger partial charge in [0.25, 0.3) is 0 Å². The van der Waals surface area contributed by atoms with Crippen molar-refractivity contribution >= 4 is 11.6 Å². The maximum atomic E-state index is 13.4. The van der Waals surface area contributed by atoms with E-state index in [1.54, 1.807) is 0 Å². The molecule has 2 aromatic rings. The first-order chi connectivity index (χ1) is 13.2. The Hall–Kier alpha value is -2.13. The highest BCUT2D eigenvalue weighted by Crippen LogP contribution is 2.28. The lowest BCUT2D eigenvalue weighted by Gasteiger charge is -2.36. The molecule has 3 nitrogen and oxygen atoms in total. The third-order valence-corrected chi connectivity index (χ3v) is 5.43. The minimum absolute atomic E-state index is 0.229. The zero-order valence-electron chi connectivity index (χ0n) is 16.7. The fourth-order valence-electron chi connectivity index (χ4n) is 4.22. The molecular formula is C24H32N2O. The number of carbonyl (C=O) groups excluding carboxylic acids is 1. The summed E-state index contributed by atoms with van der Waals surface area (Å²) in [7, 11) is 0. The van der Waals surface area contributed by atoms with Crippen LogP contribution >= 0.6 is 0 Å². The van der Waals surface area contributed by atoms with Crippen LogP contribution in [0.1, 0.15) is 44.2 Å². The number of rotatable bonds is 8. The lowest BCUT2D eigenvalue weighted by Crippen LogP contribution is -2.48. The second-order valence-electron chi connectivity index (χ2n) is 7.54. The van der Waals surface area contributed by atoms with Gasteiger partial charge < -0.3 is 4.90 Å². The van der Waals surface area contributed by atoms with Gasteiger partial charge in [0.1, 0.15) is 0 Å². The number of anilines is 1. The average Bonchev–Trinajstić information content (AvgIpc) is 2.69. The highest BCUT2D eigenvalue weighted by atomic mass is 16.2. The van der Waals surface area contributed by atoms with Crippen LogP contribution in [0.2, 0.25) is 0 Å². The molecule has 27 heavy (non-hydrogen) atoms. The summed E-state index contributed by atoms with van der Waals surface area (Å²) in [5, 5.41) is 0. The first kappa shape index (κ1) is 19.6. The molecule has 1 aliphatic carbocycles. The molecule has 1 aliphatic rings. The fraction of sp³-hybridized carbons (Fsp3) is 0.458. The van der Waals surface area contributed by atoms with Gasteiger partial charge in [-0.15, -0.1) is 0 Å². The fourth-order valence-corrected chi connectivity index (χ4v) is 4.22. The summed E-state index contributed by atoms with van der Waals surface area (Å²) in [4.78, 5) is 17.8. The lowest BCUT2D eigenvalue weighted by atomic mass is 9.87. The van der Waals surface area contributed by atoms with Crippen LogP contribution in [-0.2, 0) is 17.6 Å². The second-order valence-corrected chi connectivity index (χ2v) is 7.54. The molecule has 1 amide bonds. The summed E-state index contributed by atoms with van der Waals surface area (Å²) in [5.74, 6) is 0.229. The van der Waals surface area contributed by atoms with Gasteiger partial charge in [0, 0.05) is 11.7 Å². The van der Waals surface area contributed by atoms with E-state index in [4.69, 9.17) is 0 Å². The zero-order valence-corrected chi connectivity index (χ0v) is 16.7. The number of hydrogen-bond acceptors (Lipinski definition) is 2. The molecule has 0 saturated carbocycles. The van der Waals surface area contributed by atoms with Crippen LogP contribution in [0.5, 0.6) is 0 Å². The first-order valence-electron chi connectivity index (χ1n) is 10.4. The van der Waals surface area contributed by atoms with Crippen LogP contribution in [0.4, 0.5) is 5.69 Å². The van der Waals surface area contributed by atoms with Gasteiger partial charge in [0.05, 0.1) is 6.54 Å². The average molecular weight is 365 g/mol. The molecule has 0 aromatic heterocycles. The number of nitrogens with zero attached hydrogens (tertiary/aromatic N) is 2. The van der Waals surface area contributed by atoms with Crippen molar-refractivity contribution in [3.63, 3.8) is 0 Å². The van der Waals surface area contributed by atoms with Crippen molar-refractivity contribution in [3.8, 4) is 0 Å². The molecule has 0 N–H and O–H groups in total. The number of benzene rings is 2. The van der Waals surface area contributed by atoms with Gasteiger partial charge in [-0.25, -0.2) is 0 Å². The predicted molar refractivity (Wildman–Crippen MR) is 113 cm³/mol. The maximum absolute atomic E-state index is 13.4. The molecule has 1 unspecified atom stereocenters. The molecule has 3 rings (SSSR count). The molecule has 2 aromatic carbocycles. The Bertz CT molecular complexity index is 722. The van der Waals surface area contributed by atoms with E-state index >= 15 is 0 Å². The standard InChI is InChI=1S/C24H32N2O/c1-3-16-25(17-4-2)19-24(27)26(22-12-6-5-7-13-22)23-15-14-20-10-8-9-11-21(20)18-23/h5-13,23H,3-4,14-19H2,1-2H3. The van der Waals surface area contributed by atoms with Crippen molar-refractivity contribution in [2.24, 2.45) is 0 Å². The molecule has 0 radical (unpaired) electrons. The minimum Gasteiger partial charge on any atom is -0.308 e. The molecule has 0 fully saturated rings. The number of carbonyl (C=O) groups is 1. The Morgan fingerprint density at radius 1 is 0.926 bits per heavy atom. The number of para-hydroxylation sites is 1. The van der Waals surface area contributed by atoms with Gasteiger partial charge in [-0.05, 0) is 68.5 Å². The van der Waals surface area contributed by atoms with E-state index in [-0.39, 0.29) is 11.9 Å². The number of hydrogen-bond donors (Lipinski definition) is 0. The van der Waals surface area contributed by atoms with Crippen molar-refractivity contribution < 1.29 is 4.79 Å². The maximum Gasteiger partial charge on any atom is 0.241 e. The van der Waals surface area contributed by atoms with E-state index < -0.39 is 0 Å². The summed E-state index contributed by atoms with van der Waals surface area (Å²) in [6, 6.07) is 19.1. The Balaban J connectivity index is 1.83. The smallest absolute Gasteiger partial charge is 0.241 e. The van der Waals surface area contributed by atoms with E-state index in [0.717, 1.165) is 50.9 Å². The molecular weight excluding hydrogens is 332 g/mol. The van der Waals surface area contributed by atoms with E-state index in [1.807, 2.05) is 18.2 Å². The Kier molecular flexibility index (Phi) is 7.05. The molecule has 1 atom stereocenters. The van der Waals surface area contributed by atoms with Gasteiger partial charge in [-0.2, -0.15) is 0 Å². The van der Waals surface area contributed by atoms with Crippen LogP contribution in [0.25, 0.3) is 0 Å². The molecule has 3 heteroatoms. The number of fused-ring (bicyclic) bond motifs is 1. The van der Waals surface area contributed by atoms with E-state index in [0.29, 0.717) is 6.54 Å². The zero-order chi connectivity index (χ0) is 19.1. The van der Waals surface area contributed by atoms with Crippen molar-refractivity contribution in [2.45, 2.75) is 52.0 Å². The highest BCUT2D eigenvalue weighted by Gasteiger charge is 2.29. The summed E-state index contributed by atoms with van der Waals surface area (Å²) in [6.45, 7) is 6.83. The summed E-state index contributed by atoms with van der Waals surface area (Å²) >= 11 is 0. The van der Waals surface area contributed by atoms with Crippen molar-refractivity contribution in [1.82, 2.24) is 4.90 Å². The van der Waals surface area contributed by atoms with Gasteiger partial charge in [-0.3, -0.25) is 9.69 Å². The molecule has 0 heterocycles. The van der Waals surface area contributed by atoms with Crippen LogP contribution in [0.3, 0.4) is 0 Å². The molecule has 0 aliphatic heterocycles. The van der Waals surface area contributed by atoms with Crippen molar-refractivity contribution in [2.75, 3.05) is 24.5 Å². The topological polar surface area (TPSA) is 23.6 Å². The first-order valence-corrected chi connectivity index (χ1v) is 10.4. The van der Waals surface area contributed by atoms with E-state index in [9.17, 15) is 4.79 Å². The van der Waals surface area contributed by atoms with Crippen LogP contribution in [0, 0.1) is 0 Å². The SMILES string of the molecule is CCCN(CCC)CC(=O)N(c1ccccc1)C1CCc2ccccc2C1. The minimum atomic E-state index is 0.229. The van der Waals surface area contributed by atoms with Gasteiger partial charge in [0.15, 0.2) is 0 Å². The monoisotopic (exact) mass is 364 g/mol. The van der Waals surface area contributed by atoms with Gasteiger partial charge >= 0.3 is 0 Å². The Morgan fingerprint density at radius 2 is 1.56 bits per heavy atom. The van der Waals surface area contributed by atoms with Crippen LogP contribution in [-0.4, -0.2) is 36.5 Å². The quantitative estimate of drug-likeness (QED) is 0.678. The number of aryl methyl sites for hydroxylation is 1. The van der Waals surface area contributed by atoms with E-state index in [2.05, 4.69) is 60.0 Å². The Morgan fingerprint density at radius 3 is 2.22 bits per heavy atom. The van der Waals surface area contributed by atoms with E-state index in [1.165, 1.54) is 11.1 Å². The third-order valence-electron chi connectivity index (χ3n) is 5.43. The van der Waals surface area contributed by atoms with Crippen LogP contribution < -0.4 is 4.90 Å². The molecule has 0 saturated heterocycles.